The van der Waals surface area contributed by atoms with Crippen molar-refractivity contribution >= 4 is 56.3 Å². The van der Waals surface area contributed by atoms with Crippen LogP contribution in [0.5, 0.6) is 0 Å². The Labute approximate surface area is 218 Å². The molecule has 3 heterocycles. The number of aliphatic hydroxyl groups is 2. The molecule has 2 aromatic heterocycles. The normalized spacial score (nSPS) is 22.2. The number of nitrogens with zero attached hydrogens (tertiary/aromatic N) is 5. The van der Waals surface area contributed by atoms with E-state index in [0.717, 1.165) is 10.2 Å². The van der Waals surface area contributed by atoms with E-state index in [1.54, 1.807) is 18.6 Å². The fourth-order valence-electron chi connectivity index (χ4n) is 4.21. The van der Waals surface area contributed by atoms with Crippen molar-refractivity contribution in [2.24, 2.45) is 0 Å². The molecular formula is C23H20Cl2FN5O4S. The van der Waals surface area contributed by atoms with Gasteiger partial charge in [0.25, 0.3) is 5.91 Å². The van der Waals surface area contributed by atoms with Gasteiger partial charge in [-0.25, -0.2) is 14.1 Å². The van der Waals surface area contributed by atoms with Gasteiger partial charge >= 0.3 is 0 Å². The van der Waals surface area contributed by atoms with Crippen LogP contribution in [-0.2, 0) is 9.53 Å². The number of amides is 1. The van der Waals surface area contributed by atoms with Gasteiger partial charge in [0.2, 0.25) is 0 Å². The summed E-state index contributed by atoms with van der Waals surface area (Å²) in [7, 11) is 1.63. The highest BCUT2D eigenvalue weighted by molar-refractivity contribution is 7.16. The Balaban J connectivity index is 1.41. The van der Waals surface area contributed by atoms with Crippen LogP contribution in [0.15, 0.2) is 42.0 Å². The second kappa shape index (κ2) is 10.0. The molecule has 36 heavy (non-hydrogen) atoms. The Morgan fingerprint density at radius 3 is 2.92 bits per heavy atom. The van der Waals surface area contributed by atoms with Gasteiger partial charge in [-0.2, -0.15) is 0 Å². The van der Waals surface area contributed by atoms with Gasteiger partial charge < -0.3 is 19.8 Å². The maximum Gasteiger partial charge on any atom is 0.255 e. The van der Waals surface area contributed by atoms with E-state index in [0.29, 0.717) is 5.69 Å². The minimum absolute atomic E-state index is 0.0519. The molecule has 1 fully saturated rings. The molecule has 13 heteroatoms. The SMILES string of the molecule is CN(C(=O)[C@H]1C[C@@H](n2cc(-c3ccc(Cl)c(Cl)c3F)nn2)[C@@H](O)[C@@H](CO)O1)c1ccc2ncsc2c1. The summed E-state index contributed by atoms with van der Waals surface area (Å²) in [4.78, 5) is 19.1. The Bertz CT molecular complexity index is 1430. The number of carbonyl (C=O) groups excluding carboxylic acids is 1. The predicted molar refractivity (Wildman–Crippen MR) is 134 cm³/mol. The smallest absolute Gasteiger partial charge is 0.255 e. The molecular weight excluding hydrogens is 532 g/mol. The Hall–Kier alpha value is -2.67. The van der Waals surface area contributed by atoms with Crippen molar-refractivity contribution < 1.29 is 24.1 Å². The van der Waals surface area contributed by atoms with E-state index in [4.69, 9.17) is 27.9 Å². The van der Waals surface area contributed by atoms with Crippen molar-refractivity contribution in [2.45, 2.75) is 30.8 Å². The van der Waals surface area contributed by atoms with Crippen LogP contribution in [0.1, 0.15) is 12.5 Å². The molecule has 0 saturated carbocycles. The lowest BCUT2D eigenvalue weighted by Crippen LogP contribution is -2.52. The maximum atomic E-state index is 14.6. The fraction of sp³-hybridized carbons (Fsp3) is 0.304. The summed E-state index contributed by atoms with van der Waals surface area (Å²) in [5.41, 5.74) is 3.48. The zero-order chi connectivity index (χ0) is 25.6. The first-order valence-electron chi connectivity index (χ1n) is 10.9. The molecule has 0 bridgehead atoms. The van der Waals surface area contributed by atoms with Gasteiger partial charge in [-0.1, -0.05) is 28.4 Å². The number of fused-ring (bicyclic) bond motifs is 1. The minimum atomic E-state index is -1.19. The zero-order valence-corrected chi connectivity index (χ0v) is 21.1. The van der Waals surface area contributed by atoms with E-state index >= 15 is 0 Å². The number of likely N-dealkylation sites (N-methyl/N-ethyl adjacent to an activating group) is 1. The van der Waals surface area contributed by atoms with Crippen molar-refractivity contribution in [3.8, 4) is 11.3 Å². The van der Waals surface area contributed by atoms with Crippen molar-refractivity contribution in [1.82, 2.24) is 20.0 Å². The summed E-state index contributed by atoms with van der Waals surface area (Å²) >= 11 is 13.2. The Morgan fingerprint density at radius 2 is 2.14 bits per heavy atom. The van der Waals surface area contributed by atoms with Crippen LogP contribution in [0.3, 0.4) is 0 Å². The third-order valence-electron chi connectivity index (χ3n) is 6.22. The van der Waals surface area contributed by atoms with Gasteiger partial charge in [0.15, 0.2) is 5.82 Å². The summed E-state index contributed by atoms with van der Waals surface area (Å²) in [5, 5.41) is 28.5. The van der Waals surface area contributed by atoms with E-state index in [2.05, 4.69) is 15.3 Å². The fourth-order valence-corrected chi connectivity index (χ4v) is 5.23. The molecule has 5 rings (SSSR count). The Kier molecular flexibility index (Phi) is 6.95. The highest BCUT2D eigenvalue weighted by atomic mass is 35.5. The summed E-state index contributed by atoms with van der Waals surface area (Å²) < 4.78 is 22.7. The third kappa shape index (κ3) is 4.47. The van der Waals surface area contributed by atoms with Crippen LogP contribution in [-0.4, -0.2) is 68.1 Å². The molecule has 0 unspecified atom stereocenters. The van der Waals surface area contributed by atoms with E-state index in [9.17, 15) is 19.4 Å². The first-order chi connectivity index (χ1) is 17.3. The quantitative estimate of drug-likeness (QED) is 0.363. The summed E-state index contributed by atoms with van der Waals surface area (Å²) in [6.45, 7) is -0.513. The van der Waals surface area contributed by atoms with Crippen LogP contribution in [0, 0.1) is 5.82 Å². The number of anilines is 1. The van der Waals surface area contributed by atoms with Crippen LogP contribution in [0.4, 0.5) is 10.1 Å². The number of hydrogen-bond donors (Lipinski definition) is 2. The third-order valence-corrected chi connectivity index (χ3v) is 7.79. The van der Waals surface area contributed by atoms with Crippen LogP contribution in [0.25, 0.3) is 21.5 Å². The number of halogens is 3. The largest absolute Gasteiger partial charge is 0.394 e. The first-order valence-corrected chi connectivity index (χ1v) is 12.5. The molecule has 0 radical (unpaired) electrons. The van der Waals surface area contributed by atoms with Crippen LogP contribution in [0.2, 0.25) is 10.0 Å². The van der Waals surface area contributed by atoms with Gasteiger partial charge in [0.05, 0.1) is 44.6 Å². The van der Waals surface area contributed by atoms with Crippen molar-refractivity contribution in [2.75, 3.05) is 18.6 Å². The highest BCUT2D eigenvalue weighted by Crippen LogP contribution is 2.35. The van der Waals surface area contributed by atoms with Crippen LogP contribution < -0.4 is 4.90 Å². The highest BCUT2D eigenvalue weighted by Gasteiger charge is 2.42. The van der Waals surface area contributed by atoms with Gasteiger partial charge in [-0.05, 0) is 30.3 Å². The predicted octanol–water partition coefficient (Wildman–Crippen LogP) is 3.72. The van der Waals surface area contributed by atoms with Crippen molar-refractivity contribution in [3.63, 3.8) is 0 Å². The summed E-state index contributed by atoms with van der Waals surface area (Å²) in [6, 6.07) is 7.58. The lowest BCUT2D eigenvalue weighted by Gasteiger charge is -2.39. The van der Waals surface area contributed by atoms with E-state index < -0.39 is 36.8 Å². The molecule has 2 aromatic carbocycles. The minimum Gasteiger partial charge on any atom is -0.394 e. The lowest BCUT2D eigenvalue weighted by molar-refractivity contribution is -0.169. The first kappa shape index (κ1) is 25.0. The average molecular weight is 552 g/mol. The molecule has 2 N–H and O–H groups in total. The monoisotopic (exact) mass is 551 g/mol. The van der Waals surface area contributed by atoms with E-state index in [1.807, 2.05) is 12.1 Å². The Morgan fingerprint density at radius 1 is 1.33 bits per heavy atom. The van der Waals surface area contributed by atoms with Crippen molar-refractivity contribution in [3.05, 3.63) is 57.9 Å². The molecule has 0 spiro atoms. The molecule has 1 aliphatic heterocycles. The van der Waals surface area contributed by atoms with Crippen molar-refractivity contribution in [1.29, 1.82) is 0 Å². The second-order valence-corrected chi connectivity index (χ2v) is 10.0. The van der Waals surface area contributed by atoms with Gasteiger partial charge in [-0.3, -0.25) is 4.79 Å². The van der Waals surface area contributed by atoms with E-state index in [-0.39, 0.29) is 33.6 Å². The number of rotatable bonds is 5. The number of ether oxygens (including phenoxy) is 1. The molecule has 1 amide bonds. The lowest BCUT2D eigenvalue weighted by atomic mass is 9.94. The zero-order valence-electron chi connectivity index (χ0n) is 18.8. The number of thiazole rings is 1. The van der Waals surface area contributed by atoms with Gasteiger partial charge in [0, 0.05) is 24.7 Å². The number of aromatic nitrogens is 4. The maximum absolute atomic E-state index is 14.6. The topological polar surface area (TPSA) is 114 Å². The van der Waals surface area contributed by atoms with Gasteiger partial charge in [-0.15, -0.1) is 16.4 Å². The molecule has 0 aliphatic carbocycles. The van der Waals surface area contributed by atoms with Gasteiger partial charge in [0.1, 0.15) is 24.0 Å². The number of carbonyl (C=O) groups is 1. The molecule has 4 atom stereocenters. The second-order valence-electron chi connectivity index (χ2n) is 8.35. The molecule has 188 valence electrons. The molecule has 4 aromatic rings. The number of benzene rings is 2. The van der Waals surface area contributed by atoms with Crippen LogP contribution >= 0.6 is 34.5 Å². The molecule has 1 aliphatic rings. The number of aliphatic hydroxyl groups excluding tert-OH is 2. The summed E-state index contributed by atoms with van der Waals surface area (Å²) in [6.07, 6.45) is -1.71. The van der Waals surface area contributed by atoms with E-state index in [1.165, 1.54) is 39.2 Å². The molecule has 1 saturated heterocycles. The average Bonchev–Trinajstić information content (AvgIpc) is 3.56. The molecule has 9 nitrogen and oxygen atoms in total. The number of hydrogen-bond acceptors (Lipinski definition) is 8. The standard InChI is InChI=1S/C23H20Cl2FN5O4S/c1-30(11-2-5-14-19(6-11)36-10-27-14)23(34)17-7-16(22(33)18(9-32)35-17)31-8-15(28-29-31)12-3-4-13(24)20(25)21(12)26/h2-6,8,10,16-18,22,32-33H,7,9H2,1H3/t16-,17-,18-,22-/m1/s1. The summed E-state index contributed by atoms with van der Waals surface area (Å²) in [5.74, 6) is -1.10.